The van der Waals surface area contributed by atoms with Gasteiger partial charge in [0.15, 0.2) is 5.78 Å². The van der Waals surface area contributed by atoms with E-state index >= 15 is 0 Å². The predicted molar refractivity (Wildman–Crippen MR) is 123 cm³/mol. The molecule has 0 aromatic heterocycles. The Balaban J connectivity index is 1.54. The van der Waals surface area contributed by atoms with Gasteiger partial charge < -0.3 is 19.7 Å². The Morgan fingerprint density at radius 2 is 0.842 bits per heavy atom. The topological polar surface area (TPSA) is 76.0 Å². The number of rotatable bonds is 4. The molecule has 38 heavy (non-hydrogen) atoms. The van der Waals surface area contributed by atoms with Crippen molar-refractivity contribution in [2.24, 2.45) is 0 Å². The second-order valence-electron chi connectivity index (χ2n) is 8.30. The molecule has 4 aromatic carbocycles. The predicted octanol–water partition coefficient (Wildman–Crippen LogP) is 7.44. The number of alkyl halides is 6. The molecule has 2 N–H and O–H groups in total. The first-order chi connectivity index (χ1) is 17.8. The molecule has 4 aromatic rings. The van der Waals surface area contributed by atoms with Gasteiger partial charge >= 0.3 is 12.7 Å². The summed E-state index contributed by atoms with van der Waals surface area (Å²) >= 11 is 0. The minimum absolute atomic E-state index is 0.142. The van der Waals surface area contributed by atoms with Crippen LogP contribution < -0.4 is 9.47 Å². The van der Waals surface area contributed by atoms with Crippen molar-refractivity contribution in [2.45, 2.75) is 12.7 Å². The Morgan fingerprint density at radius 3 is 1.16 bits per heavy atom. The van der Waals surface area contributed by atoms with E-state index in [2.05, 4.69) is 9.47 Å². The Morgan fingerprint density at radius 1 is 0.500 bits per heavy atom. The molecule has 0 saturated heterocycles. The second-order valence-corrected chi connectivity index (χ2v) is 8.30. The number of phenolic OH excluding ortho intramolecular Hbond substituents is 2. The quantitative estimate of drug-likeness (QED) is 0.235. The highest BCUT2D eigenvalue weighted by molar-refractivity contribution is 6.23. The van der Waals surface area contributed by atoms with Gasteiger partial charge in [0.25, 0.3) is 0 Å². The van der Waals surface area contributed by atoms with Crippen LogP contribution in [0.1, 0.15) is 15.9 Å². The number of hydrogen-bond donors (Lipinski definition) is 2. The van der Waals surface area contributed by atoms with Gasteiger partial charge in [0, 0.05) is 22.3 Å². The zero-order valence-corrected chi connectivity index (χ0v) is 18.8. The fourth-order valence-corrected chi connectivity index (χ4v) is 4.28. The molecular formula is C27H14F6O5. The van der Waals surface area contributed by atoms with Crippen molar-refractivity contribution in [3.8, 4) is 56.4 Å². The van der Waals surface area contributed by atoms with Crippen molar-refractivity contribution < 1.29 is 50.8 Å². The molecule has 0 unspecified atom stereocenters. The summed E-state index contributed by atoms with van der Waals surface area (Å²) in [6.45, 7) is 0. The van der Waals surface area contributed by atoms with Crippen LogP contribution in [-0.2, 0) is 0 Å². The maximum absolute atomic E-state index is 13.0. The summed E-state index contributed by atoms with van der Waals surface area (Å²) in [6, 6.07) is 15.0. The number of carbonyl (C=O) groups excluding carboxylic acids is 1. The third-order valence-electron chi connectivity index (χ3n) is 5.85. The fourth-order valence-electron chi connectivity index (χ4n) is 4.28. The van der Waals surface area contributed by atoms with Gasteiger partial charge in [-0.15, -0.1) is 26.3 Å². The van der Waals surface area contributed by atoms with E-state index in [1.807, 2.05) is 0 Å². The van der Waals surface area contributed by atoms with Crippen molar-refractivity contribution in [2.75, 3.05) is 0 Å². The van der Waals surface area contributed by atoms with Crippen molar-refractivity contribution >= 4 is 5.78 Å². The standard InChI is InChI=1S/C27H14F6O5/c28-26(29,30)37-15-5-1-13(2-6-15)17-9-19-20-10-18(14-3-7-16(8-4-14)38-27(31,32)33)24(35)12-22(20)25(36)21(19)11-23(17)34/h1-12,34-35H. The molecule has 194 valence electrons. The van der Waals surface area contributed by atoms with E-state index in [9.17, 15) is 41.4 Å². The largest absolute Gasteiger partial charge is 0.573 e. The SMILES string of the molecule is O=C1c2cc(O)c(-c3ccc(OC(F)(F)F)cc3)cc2-c2cc(-c3ccc(OC(F)(F)F)cc3)c(O)cc21. The molecule has 0 radical (unpaired) electrons. The molecule has 0 aliphatic heterocycles. The number of phenols is 2. The molecule has 0 heterocycles. The van der Waals surface area contributed by atoms with Crippen molar-refractivity contribution in [3.05, 3.63) is 83.9 Å². The van der Waals surface area contributed by atoms with E-state index in [0.29, 0.717) is 22.3 Å². The summed E-state index contributed by atoms with van der Waals surface area (Å²) in [5.74, 6) is -1.96. The van der Waals surface area contributed by atoms with Gasteiger partial charge in [-0.3, -0.25) is 4.79 Å². The lowest BCUT2D eigenvalue weighted by molar-refractivity contribution is -0.275. The molecule has 0 spiro atoms. The second kappa shape index (κ2) is 8.72. The molecule has 5 rings (SSSR count). The van der Waals surface area contributed by atoms with Gasteiger partial charge in [-0.1, -0.05) is 24.3 Å². The van der Waals surface area contributed by atoms with Crippen LogP contribution in [0.15, 0.2) is 72.8 Å². The van der Waals surface area contributed by atoms with Crippen LogP contribution >= 0.6 is 0 Å². The van der Waals surface area contributed by atoms with Crippen molar-refractivity contribution in [1.29, 1.82) is 0 Å². The maximum Gasteiger partial charge on any atom is 0.573 e. The highest BCUT2D eigenvalue weighted by atomic mass is 19.4. The normalized spacial score (nSPS) is 12.7. The summed E-state index contributed by atoms with van der Waals surface area (Å²) in [5.41, 5.74) is 2.23. The number of halogens is 6. The van der Waals surface area contributed by atoms with Crippen LogP contribution in [0.3, 0.4) is 0 Å². The average molecular weight is 532 g/mol. The Labute approximate surface area is 210 Å². The summed E-state index contributed by atoms with van der Waals surface area (Å²) < 4.78 is 82.5. The van der Waals surface area contributed by atoms with E-state index < -0.39 is 30.0 Å². The smallest absolute Gasteiger partial charge is 0.507 e. The maximum atomic E-state index is 13.0. The highest BCUT2D eigenvalue weighted by Gasteiger charge is 2.33. The average Bonchev–Trinajstić information content (AvgIpc) is 3.07. The Hall–Kier alpha value is -4.67. The molecule has 0 fully saturated rings. The van der Waals surface area contributed by atoms with E-state index in [1.165, 1.54) is 48.5 Å². The monoisotopic (exact) mass is 532 g/mol. The number of ketones is 1. The van der Waals surface area contributed by atoms with E-state index in [4.69, 9.17) is 0 Å². The lowest BCUT2D eigenvalue weighted by Gasteiger charge is -2.12. The van der Waals surface area contributed by atoms with E-state index in [0.717, 1.165) is 24.3 Å². The number of aromatic hydroxyl groups is 2. The van der Waals surface area contributed by atoms with Gasteiger partial charge in [-0.25, -0.2) is 0 Å². The third kappa shape index (κ3) is 4.82. The van der Waals surface area contributed by atoms with Gasteiger partial charge in [-0.05, 0) is 70.8 Å². The minimum atomic E-state index is -4.86. The lowest BCUT2D eigenvalue weighted by Crippen LogP contribution is -2.16. The van der Waals surface area contributed by atoms with E-state index in [1.54, 1.807) is 0 Å². The molecule has 0 amide bonds. The first kappa shape index (κ1) is 25.0. The summed E-state index contributed by atoms with van der Waals surface area (Å²) in [4.78, 5) is 13.0. The lowest BCUT2D eigenvalue weighted by atomic mass is 9.95. The molecule has 0 saturated carbocycles. The third-order valence-corrected chi connectivity index (χ3v) is 5.85. The fraction of sp³-hybridized carbons (Fsp3) is 0.0741. The molecule has 1 aliphatic carbocycles. The summed E-state index contributed by atoms with van der Waals surface area (Å²) in [6.07, 6.45) is -9.73. The number of ether oxygens (including phenoxy) is 2. The number of hydrogen-bond acceptors (Lipinski definition) is 5. The molecule has 0 bridgehead atoms. The van der Waals surface area contributed by atoms with Crippen molar-refractivity contribution in [1.82, 2.24) is 0 Å². The van der Waals surface area contributed by atoms with Gasteiger partial charge in [0.1, 0.15) is 23.0 Å². The van der Waals surface area contributed by atoms with Crippen LogP contribution in [-0.4, -0.2) is 28.7 Å². The van der Waals surface area contributed by atoms with Gasteiger partial charge in [0.2, 0.25) is 0 Å². The van der Waals surface area contributed by atoms with Gasteiger partial charge in [-0.2, -0.15) is 0 Å². The zero-order valence-electron chi connectivity index (χ0n) is 18.8. The van der Waals surface area contributed by atoms with Crippen LogP contribution in [0.4, 0.5) is 26.3 Å². The van der Waals surface area contributed by atoms with E-state index in [-0.39, 0.29) is 33.8 Å². The van der Waals surface area contributed by atoms with Crippen LogP contribution in [0.25, 0.3) is 33.4 Å². The number of carbonyl (C=O) groups is 1. The zero-order chi connectivity index (χ0) is 27.4. The van der Waals surface area contributed by atoms with Crippen LogP contribution in [0.5, 0.6) is 23.0 Å². The highest BCUT2D eigenvalue weighted by Crippen LogP contribution is 2.46. The molecule has 0 atom stereocenters. The first-order valence-corrected chi connectivity index (χ1v) is 10.8. The van der Waals surface area contributed by atoms with Crippen LogP contribution in [0.2, 0.25) is 0 Å². The molecule has 5 nitrogen and oxygen atoms in total. The molecule has 1 aliphatic rings. The van der Waals surface area contributed by atoms with Crippen molar-refractivity contribution in [3.63, 3.8) is 0 Å². The number of benzene rings is 4. The number of fused-ring (bicyclic) bond motifs is 3. The first-order valence-electron chi connectivity index (χ1n) is 10.8. The molecule has 11 heteroatoms. The Bertz CT molecular complexity index is 1440. The summed E-state index contributed by atoms with van der Waals surface area (Å²) in [7, 11) is 0. The minimum Gasteiger partial charge on any atom is -0.507 e. The molecular weight excluding hydrogens is 518 g/mol. The Kier molecular flexibility index (Phi) is 5.74. The van der Waals surface area contributed by atoms with Crippen LogP contribution in [0, 0.1) is 0 Å². The van der Waals surface area contributed by atoms with Gasteiger partial charge in [0.05, 0.1) is 0 Å². The summed E-state index contributed by atoms with van der Waals surface area (Å²) in [5, 5.41) is 21.1.